The average molecular weight is 422 g/mol. The monoisotopic (exact) mass is 421 g/mol. The Balaban J connectivity index is 1.58. The minimum atomic E-state index is -0.276. The van der Waals surface area contributed by atoms with Crippen LogP contribution in [0.4, 0.5) is 5.82 Å². The fourth-order valence-corrected chi connectivity index (χ4v) is 4.72. The fraction of sp³-hybridized carbons (Fsp3) is 0.500. The number of benzene rings is 1. The van der Waals surface area contributed by atoms with Crippen molar-refractivity contribution in [3.63, 3.8) is 0 Å². The van der Waals surface area contributed by atoms with Crippen molar-refractivity contribution >= 4 is 17.4 Å². The third kappa shape index (κ3) is 4.86. The molecule has 1 saturated heterocycles. The molecule has 3 N–H and O–H groups in total. The van der Waals surface area contributed by atoms with Gasteiger partial charge >= 0.3 is 0 Å². The summed E-state index contributed by atoms with van der Waals surface area (Å²) >= 11 is 0. The van der Waals surface area contributed by atoms with Crippen LogP contribution in [0.5, 0.6) is 0 Å². The number of hydrogen-bond acceptors (Lipinski definition) is 5. The quantitative estimate of drug-likeness (QED) is 0.637. The van der Waals surface area contributed by atoms with Gasteiger partial charge in [-0.15, -0.1) is 0 Å². The van der Waals surface area contributed by atoms with E-state index < -0.39 is 0 Å². The normalized spacial score (nSPS) is 19.8. The van der Waals surface area contributed by atoms with Crippen molar-refractivity contribution in [3.8, 4) is 0 Å². The van der Waals surface area contributed by atoms with Crippen LogP contribution in [0.2, 0.25) is 0 Å². The number of likely N-dealkylation sites (tertiary alicyclic amines) is 1. The molecule has 0 bridgehead atoms. The van der Waals surface area contributed by atoms with Gasteiger partial charge in [0.2, 0.25) is 0 Å². The summed E-state index contributed by atoms with van der Waals surface area (Å²) in [5, 5.41) is 11.5. The van der Waals surface area contributed by atoms with Crippen molar-refractivity contribution in [2.75, 3.05) is 18.4 Å². The number of amides is 1. The number of H-pyrrole nitrogens is 1. The van der Waals surface area contributed by atoms with E-state index in [1.807, 2.05) is 35.2 Å². The van der Waals surface area contributed by atoms with Crippen LogP contribution < -0.4 is 10.9 Å². The Labute approximate surface area is 182 Å². The average Bonchev–Trinajstić information content (AvgIpc) is 2.79. The zero-order chi connectivity index (χ0) is 21.8. The lowest BCUT2D eigenvalue weighted by molar-refractivity contribution is 0.0704. The molecule has 1 aromatic heterocycles. The molecule has 0 radical (unpaired) electrons. The van der Waals surface area contributed by atoms with Gasteiger partial charge in [0.05, 0.1) is 0 Å². The van der Waals surface area contributed by atoms with E-state index in [9.17, 15) is 9.59 Å². The van der Waals surface area contributed by atoms with Gasteiger partial charge in [-0.05, 0) is 44.7 Å². The maximum Gasteiger partial charge on any atom is 0.262 e. The van der Waals surface area contributed by atoms with Crippen LogP contribution in [0.25, 0.3) is 0 Å². The number of nitrogens with one attached hydrogen (secondary N) is 3. The molecular formula is C24H31N5O2. The smallest absolute Gasteiger partial charge is 0.262 e. The van der Waals surface area contributed by atoms with Crippen molar-refractivity contribution in [3.05, 3.63) is 57.6 Å². The van der Waals surface area contributed by atoms with E-state index in [2.05, 4.69) is 10.3 Å². The minimum absolute atomic E-state index is 0.0140. The van der Waals surface area contributed by atoms with Crippen molar-refractivity contribution in [1.29, 1.82) is 5.41 Å². The van der Waals surface area contributed by atoms with Gasteiger partial charge in [0.15, 0.2) is 0 Å². The van der Waals surface area contributed by atoms with Gasteiger partial charge in [-0.1, -0.05) is 37.5 Å². The highest BCUT2D eigenvalue weighted by Gasteiger charge is 2.28. The van der Waals surface area contributed by atoms with Crippen LogP contribution in [0.1, 0.15) is 79.5 Å². The van der Waals surface area contributed by atoms with E-state index in [1.165, 1.54) is 19.3 Å². The molecule has 1 saturated carbocycles. The summed E-state index contributed by atoms with van der Waals surface area (Å²) in [4.78, 5) is 35.3. The first-order valence-electron chi connectivity index (χ1n) is 11.3. The molecule has 1 atom stereocenters. The number of aromatic nitrogens is 2. The van der Waals surface area contributed by atoms with Crippen LogP contribution in [0, 0.1) is 5.41 Å². The van der Waals surface area contributed by atoms with E-state index in [-0.39, 0.29) is 29.1 Å². The van der Waals surface area contributed by atoms with Crippen LogP contribution in [-0.4, -0.2) is 45.6 Å². The summed E-state index contributed by atoms with van der Waals surface area (Å²) in [5.74, 6) is 1.12. The molecule has 0 spiro atoms. The Bertz CT molecular complexity index is 995. The molecule has 1 amide bonds. The van der Waals surface area contributed by atoms with Crippen molar-refractivity contribution in [2.45, 2.75) is 63.8 Å². The molecule has 1 aliphatic carbocycles. The predicted octanol–water partition coefficient (Wildman–Crippen LogP) is 3.92. The van der Waals surface area contributed by atoms with Crippen molar-refractivity contribution < 1.29 is 4.79 Å². The molecule has 2 heterocycles. The van der Waals surface area contributed by atoms with Gasteiger partial charge < -0.3 is 20.6 Å². The lowest BCUT2D eigenvalue weighted by Gasteiger charge is -2.32. The molecule has 1 aliphatic heterocycles. The molecule has 4 rings (SSSR count). The van der Waals surface area contributed by atoms with Gasteiger partial charge in [0, 0.05) is 36.3 Å². The highest BCUT2D eigenvalue weighted by Crippen LogP contribution is 2.27. The second-order valence-corrected chi connectivity index (χ2v) is 8.74. The number of aromatic amines is 1. The Hall–Kier alpha value is -2.96. The lowest BCUT2D eigenvalue weighted by Crippen LogP contribution is -2.40. The van der Waals surface area contributed by atoms with E-state index in [1.54, 1.807) is 6.92 Å². The SMILES string of the molecule is CC(=N)c1c(NC2CCCCC2)nc(C2CCCN(C(=O)c3ccccc3)C2)[nH]c1=O. The number of carbonyl (C=O) groups is 1. The summed E-state index contributed by atoms with van der Waals surface area (Å²) in [5.41, 5.74) is 0.937. The summed E-state index contributed by atoms with van der Waals surface area (Å²) in [6.45, 7) is 2.86. The Morgan fingerprint density at radius 2 is 1.87 bits per heavy atom. The third-order valence-corrected chi connectivity index (χ3v) is 6.37. The maximum absolute atomic E-state index is 12.9. The number of rotatable bonds is 5. The van der Waals surface area contributed by atoms with Crippen LogP contribution in [-0.2, 0) is 0 Å². The van der Waals surface area contributed by atoms with E-state index in [0.717, 1.165) is 25.7 Å². The highest BCUT2D eigenvalue weighted by molar-refractivity contribution is 6.00. The van der Waals surface area contributed by atoms with E-state index in [0.29, 0.717) is 35.9 Å². The molecule has 164 valence electrons. The number of nitrogens with zero attached hydrogens (tertiary/aromatic N) is 2. The molecular weight excluding hydrogens is 390 g/mol. The van der Waals surface area contributed by atoms with Gasteiger partial charge in [-0.2, -0.15) is 0 Å². The number of carbonyl (C=O) groups excluding carboxylic acids is 1. The first-order valence-corrected chi connectivity index (χ1v) is 11.3. The number of hydrogen-bond donors (Lipinski definition) is 3. The zero-order valence-electron chi connectivity index (χ0n) is 18.1. The molecule has 7 nitrogen and oxygen atoms in total. The Morgan fingerprint density at radius 3 is 2.58 bits per heavy atom. The maximum atomic E-state index is 12.9. The summed E-state index contributed by atoms with van der Waals surface area (Å²) in [7, 11) is 0. The molecule has 2 aliphatic rings. The summed E-state index contributed by atoms with van der Waals surface area (Å²) < 4.78 is 0. The second kappa shape index (κ2) is 9.45. The predicted molar refractivity (Wildman–Crippen MR) is 122 cm³/mol. The molecule has 1 aromatic carbocycles. The minimum Gasteiger partial charge on any atom is -0.367 e. The van der Waals surface area contributed by atoms with Crippen molar-refractivity contribution in [2.24, 2.45) is 0 Å². The first kappa shape index (κ1) is 21.3. The van der Waals surface area contributed by atoms with Gasteiger partial charge in [0.25, 0.3) is 11.5 Å². The third-order valence-electron chi connectivity index (χ3n) is 6.37. The second-order valence-electron chi connectivity index (χ2n) is 8.74. The number of anilines is 1. The van der Waals surface area contributed by atoms with Gasteiger partial charge in [-0.3, -0.25) is 9.59 Å². The number of piperidine rings is 1. The standard InChI is InChI=1S/C24H31N5O2/c1-16(25)20-22(26-19-12-6-3-7-13-19)27-21(28-23(20)30)18-11-8-14-29(15-18)24(31)17-9-4-2-5-10-17/h2,4-5,9-10,18-19,25H,3,6-8,11-15H2,1H3,(H2,26,27,28,30). The Kier molecular flexibility index (Phi) is 6.49. The van der Waals surface area contributed by atoms with Crippen LogP contribution in [0.3, 0.4) is 0 Å². The molecule has 31 heavy (non-hydrogen) atoms. The first-order chi connectivity index (χ1) is 15.0. The molecule has 2 fully saturated rings. The lowest BCUT2D eigenvalue weighted by atomic mass is 9.95. The van der Waals surface area contributed by atoms with Gasteiger partial charge in [-0.25, -0.2) is 4.98 Å². The summed E-state index contributed by atoms with van der Waals surface area (Å²) in [6, 6.07) is 9.60. The van der Waals surface area contributed by atoms with Gasteiger partial charge in [0.1, 0.15) is 17.2 Å². The van der Waals surface area contributed by atoms with E-state index in [4.69, 9.17) is 10.4 Å². The molecule has 1 unspecified atom stereocenters. The molecule has 2 aromatic rings. The van der Waals surface area contributed by atoms with E-state index >= 15 is 0 Å². The van der Waals surface area contributed by atoms with Crippen LogP contribution >= 0.6 is 0 Å². The topological polar surface area (TPSA) is 102 Å². The summed E-state index contributed by atoms with van der Waals surface area (Å²) in [6.07, 6.45) is 7.44. The zero-order valence-corrected chi connectivity index (χ0v) is 18.1. The largest absolute Gasteiger partial charge is 0.367 e. The Morgan fingerprint density at radius 1 is 1.13 bits per heavy atom. The molecule has 7 heteroatoms. The highest BCUT2D eigenvalue weighted by atomic mass is 16.2. The fourth-order valence-electron chi connectivity index (χ4n) is 4.72. The van der Waals surface area contributed by atoms with Crippen LogP contribution in [0.15, 0.2) is 35.1 Å². The van der Waals surface area contributed by atoms with Crippen molar-refractivity contribution in [1.82, 2.24) is 14.9 Å².